The summed E-state index contributed by atoms with van der Waals surface area (Å²) in [5.74, 6) is 0.314. The van der Waals surface area contributed by atoms with Crippen LogP contribution in [0.15, 0.2) is 0 Å². The van der Waals surface area contributed by atoms with Crippen molar-refractivity contribution in [3.8, 4) is 0 Å². The molecule has 1 heterocycles. The number of amides is 3. The third-order valence-electron chi connectivity index (χ3n) is 1.83. The van der Waals surface area contributed by atoms with Gasteiger partial charge >= 0.3 is 38.7 Å². The van der Waals surface area contributed by atoms with Gasteiger partial charge in [0, 0.05) is 26.6 Å². The Morgan fingerprint density at radius 1 is 1.69 bits per heavy atom. The number of carbonyl (C=O) groups excluding carboxylic acids is 2. The van der Waals surface area contributed by atoms with Crippen LogP contribution in [0.1, 0.15) is 6.42 Å². The van der Waals surface area contributed by atoms with Gasteiger partial charge in [0.15, 0.2) is 0 Å². The Morgan fingerprint density at radius 3 is 2.54 bits per heavy atom. The van der Waals surface area contributed by atoms with E-state index in [2.05, 4.69) is 0 Å². The van der Waals surface area contributed by atoms with E-state index in [9.17, 15) is 9.59 Å². The SMILES string of the molecule is CN(C)C(=O)N1C(=O)CC1C[S-].[Y+3]. The molecule has 0 aromatic rings. The summed E-state index contributed by atoms with van der Waals surface area (Å²) in [7, 11) is 3.24. The Balaban J connectivity index is 0.00000144. The summed E-state index contributed by atoms with van der Waals surface area (Å²) in [4.78, 5) is 24.9. The van der Waals surface area contributed by atoms with Gasteiger partial charge in [-0.2, -0.15) is 5.75 Å². The Hall–Kier alpha value is 0.394. The minimum Gasteiger partial charge on any atom is -0.791 e. The third-order valence-corrected chi connectivity index (χ3v) is 2.21. The van der Waals surface area contributed by atoms with Crippen molar-refractivity contribution in [2.24, 2.45) is 0 Å². The van der Waals surface area contributed by atoms with Gasteiger partial charge in [0.1, 0.15) is 0 Å². The van der Waals surface area contributed by atoms with E-state index in [0.29, 0.717) is 12.2 Å². The van der Waals surface area contributed by atoms with Crippen LogP contribution in [-0.4, -0.2) is 47.6 Å². The molecule has 0 spiro atoms. The molecule has 1 rings (SSSR count). The molecule has 0 saturated carbocycles. The number of imide groups is 1. The second-order valence-corrected chi connectivity index (χ2v) is 3.30. The van der Waals surface area contributed by atoms with E-state index < -0.39 is 0 Å². The first-order chi connectivity index (χ1) is 5.57. The molecule has 0 aromatic carbocycles. The summed E-state index contributed by atoms with van der Waals surface area (Å²) >= 11 is 4.80. The van der Waals surface area contributed by atoms with Crippen LogP contribution < -0.4 is 0 Å². The van der Waals surface area contributed by atoms with Gasteiger partial charge in [0.2, 0.25) is 5.91 Å². The molecule has 68 valence electrons. The number of likely N-dealkylation sites (tertiary alicyclic amines) is 1. The van der Waals surface area contributed by atoms with E-state index in [1.807, 2.05) is 0 Å². The van der Waals surface area contributed by atoms with E-state index in [0.717, 1.165) is 0 Å². The zero-order valence-electron chi connectivity index (χ0n) is 7.69. The molecule has 4 nitrogen and oxygen atoms in total. The molecule has 0 radical (unpaired) electrons. The quantitative estimate of drug-likeness (QED) is 0.492. The predicted octanol–water partition coefficient (Wildman–Crippen LogP) is -0.187. The molecule has 1 aliphatic heterocycles. The fourth-order valence-electron chi connectivity index (χ4n) is 1.09. The number of rotatable bonds is 1. The Kier molecular flexibility index (Phi) is 5.48. The number of nitrogens with zero attached hydrogens (tertiary/aromatic N) is 2. The molecule has 0 N–H and O–H groups in total. The second kappa shape index (κ2) is 5.32. The first-order valence-corrected chi connectivity index (χ1v) is 4.27. The molecule has 3 amide bonds. The van der Waals surface area contributed by atoms with Gasteiger partial charge in [-0.3, -0.25) is 9.69 Å². The van der Waals surface area contributed by atoms with Crippen molar-refractivity contribution in [1.29, 1.82) is 0 Å². The molecular formula is C7H11N2O2SY+2. The maximum absolute atomic E-state index is 11.3. The van der Waals surface area contributed by atoms with Crippen LogP contribution >= 0.6 is 0 Å². The van der Waals surface area contributed by atoms with E-state index >= 15 is 0 Å². The van der Waals surface area contributed by atoms with Crippen molar-refractivity contribution in [3.63, 3.8) is 0 Å². The molecular weight excluding hydrogens is 265 g/mol. The van der Waals surface area contributed by atoms with Crippen LogP contribution in [0.25, 0.3) is 0 Å². The number of hydrogen-bond acceptors (Lipinski definition) is 3. The molecule has 1 atom stereocenters. The van der Waals surface area contributed by atoms with E-state index in [1.165, 1.54) is 9.80 Å². The fourth-order valence-corrected chi connectivity index (χ4v) is 1.36. The average Bonchev–Trinajstić information content (AvgIpc) is 1.99. The number of β-lactam (4-membered cyclic amide) rings is 1. The summed E-state index contributed by atoms with van der Waals surface area (Å²) in [6, 6.07) is -0.316. The fraction of sp³-hybridized carbons (Fsp3) is 0.714. The average molecular weight is 276 g/mol. The van der Waals surface area contributed by atoms with Gasteiger partial charge < -0.3 is 17.5 Å². The molecule has 1 fully saturated rings. The summed E-state index contributed by atoms with van der Waals surface area (Å²) in [5.41, 5.74) is 0. The minimum absolute atomic E-state index is 0. The van der Waals surface area contributed by atoms with E-state index in [-0.39, 0.29) is 50.7 Å². The molecule has 1 saturated heterocycles. The van der Waals surface area contributed by atoms with Gasteiger partial charge in [0.25, 0.3) is 0 Å². The molecule has 13 heavy (non-hydrogen) atoms. The smallest absolute Gasteiger partial charge is 0.791 e. The second-order valence-electron chi connectivity index (χ2n) is 2.97. The van der Waals surface area contributed by atoms with Crippen LogP contribution in [0.2, 0.25) is 0 Å². The Labute approximate surface area is 108 Å². The maximum Gasteiger partial charge on any atom is 3.00 e. The predicted molar refractivity (Wildman–Crippen MR) is 46.6 cm³/mol. The summed E-state index contributed by atoms with van der Waals surface area (Å²) < 4.78 is 0. The summed E-state index contributed by atoms with van der Waals surface area (Å²) in [6.07, 6.45) is 0.420. The zero-order chi connectivity index (χ0) is 9.30. The number of hydrogen-bond donors (Lipinski definition) is 0. The van der Waals surface area contributed by atoms with Crippen LogP contribution in [0.4, 0.5) is 4.79 Å². The van der Waals surface area contributed by atoms with Gasteiger partial charge in [0.05, 0.1) is 0 Å². The number of urea groups is 1. The Bertz CT molecular complexity index is 223. The van der Waals surface area contributed by atoms with Gasteiger partial charge in [-0.05, 0) is 0 Å². The van der Waals surface area contributed by atoms with E-state index in [1.54, 1.807) is 14.1 Å². The molecule has 0 aliphatic carbocycles. The first-order valence-electron chi connectivity index (χ1n) is 3.69. The monoisotopic (exact) mass is 276 g/mol. The number of carbonyl (C=O) groups is 2. The van der Waals surface area contributed by atoms with Crippen molar-refractivity contribution < 1.29 is 42.3 Å². The van der Waals surface area contributed by atoms with Crippen LogP contribution in [0.5, 0.6) is 0 Å². The molecule has 0 aromatic heterocycles. The van der Waals surface area contributed by atoms with Crippen LogP contribution in [0.3, 0.4) is 0 Å². The zero-order valence-corrected chi connectivity index (χ0v) is 11.3. The Morgan fingerprint density at radius 2 is 2.23 bits per heavy atom. The maximum atomic E-state index is 11.3. The van der Waals surface area contributed by atoms with E-state index in [4.69, 9.17) is 12.6 Å². The van der Waals surface area contributed by atoms with Gasteiger partial charge in [-0.1, -0.05) is 0 Å². The summed E-state index contributed by atoms with van der Waals surface area (Å²) in [5, 5.41) is 0. The molecule has 0 bridgehead atoms. The van der Waals surface area contributed by atoms with Crippen molar-refractivity contribution >= 4 is 24.6 Å². The van der Waals surface area contributed by atoms with Crippen molar-refractivity contribution in [2.75, 3.05) is 19.8 Å². The minimum atomic E-state index is -0.263. The van der Waals surface area contributed by atoms with Crippen molar-refractivity contribution in [1.82, 2.24) is 9.80 Å². The van der Waals surface area contributed by atoms with Crippen LogP contribution in [-0.2, 0) is 50.1 Å². The van der Waals surface area contributed by atoms with Crippen molar-refractivity contribution in [2.45, 2.75) is 12.5 Å². The molecule has 1 aliphatic rings. The molecule has 6 heteroatoms. The normalized spacial score (nSPS) is 20.4. The largest absolute Gasteiger partial charge is 3.00 e. The van der Waals surface area contributed by atoms with Crippen LogP contribution in [0, 0.1) is 0 Å². The van der Waals surface area contributed by atoms with Gasteiger partial charge in [-0.25, -0.2) is 4.79 Å². The van der Waals surface area contributed by atoms with Gasteiger partial charge in [-0.15, -0.1) is 0 Å². The third kappa shape index (κ3) is 2.67. The van der Waals surface area contributed by atoms with Crippen molar-refractivity contribution in [3.05, 3.63) is 0 Å². The topological polar surface area (TPSA) is 40.6 Å². The molecule has 1 unspecified atom stereocenters. The summed E-state index contributed by atoms with van der Waals surface area (Å²) in [6.45, 7) is 0. The standard InChI is InChI=1S/C7H12N2O2S.Y/c1-8(2)7(11)9-5(4-12)3-6(9)10;/h5,12H,3-4H2,1-2H3;/q;+3/p-1. The first kappa shape index (κ1) is 13.4.